The zero-order chi connectivity index (χ0) is 15.5. The molecule has 0 spiro atoms. The summed E-state index contributed by atoms with van der Waals surface area (Å²) in [6.45, 7) is 1.68. The number of carbonyl (C=O) groups excluding carboxylic acids is 2. The van der Waals surface area contributed by atoms with Gasteiger partial charge >= 0.3 is 0 Å². The molecular formula is C16H19FN2O3. The second kappa shape index (κ2) is 6.34. The molecule has 0 N–H and O–H groups in total. The highest BCUT2D eigenvalue weighted by Gasteiger charge is 2.34. The van der Waals surface area contributed by atoms with Crippen molar-refractivity contribution in [1.29, 1.82) is 0 Å². The van der Waals surface area contributed by atoms with Gasteiger partial charge in [-0.2, -0.15) is 0 Å². The number of hydrogen-bond donors (Lipinski definition) is 0. The number of likely N-dealkylation sites (tertiary alicyclic amines) is 2. The van der Waals surface area contributed by atoms with Gasteiger partial charge in [0.05, 0.1) is 19.6 Å². The molecule has 0 unspecified atom stereocenters. The molecule has 2 heterocycles. The number of nitrogens with zero attached hydrogens (tertiary/aromatic N) is 2. The fraction of sp³-hybridized carbons (Fsp3) is 0.500. The van der Waals surface area contributed by atoms with E-state index in [9.17, 15) is 14.0 Å². The molecule has 1 aromatic carbocycles. The van der Waals surface area contributed by atoms with Gasteiger partial charge in [0, 0.05) is 13.0 Å². The number of benzene rings is 1. The van der Waals surface area contributed by atoms with Gasteiger partial charge in [0.15, 0.2) is 11.6 Å². The highest BCUT2D eigenvalue weighted by Crippen LogP contribution is 2.21. The van der Waals surface area contributed by atoms with Gasteiger partial charge < -0.3 is 14.5 Å². The first-order valence-electron chi connectivity index (χ1n) is 7.60. The monoisotopic (exact) mass is 306 g/mol. The Hall–Kier alpha value is -2.11. The second-order valence-corrected chi connectivity index (χ2v) is 5.74. The van der Waals surface area contributed by atoms with Crippen LogP contribution < -0.4 is 4.74 Å². The molecular weight excluding hydrogens is 287 g/mol. The lowest BCUT2D eigenvalue weighted by molar-refractivity contribution is -0.147. The topological polar surface area (TPSA) is 49.9 Å². The Morgan fingerprint density at radius 2 is 2.05 bits per heavy atom. The fourth-order valence-electron chi connectivity index (χ4n) is 2.73. The molecule has 2 amide bonds. The smallest absolute Gasteiger partial charge is 0.242 e. The van der Waals surface area contributed by atoms with Crippen LogP contribution in [0.5, 0.6) is 5.75 Å². The lowest BCUT2D eigenvalue weighted by Crippen LogP contribution is -2.58. The van der Waals surface area contributed by atoms with Crippen molar-refractivity contribution in [1.82, 2.24) is 9.80 Å². The van der Waals surface area contributed by atoms with Crippen molar-refractivity contribution in [2.45, 2.75) is 25.4 Å². The molecule has 3 rings (SSSR count). The van der Waals surface area contributed by atoms with Crippen molar-refractivity contribution in [3.63, 3.8) is 0 Å². The molecule has 0 aliphatic carbocycles. The molecule has 6 heteroatoms. The predicted molar refractivity (Wildman–Crippen MR) is 77.8 cm³/mol. The van der Waals surface area contributed by atoms with Crippen molar-refractivity contribution in [2.75, 3.05) is 26.2 Å². The molecule has 0 radical (unpaired) electrons. The van der Waals surface area contributed by atoms with Crippen LogP contribution in [0.3, 0.4) is 0 Å². The molecule has 2 aliphatic rings. The summed E-state index contributed by atoms with van der Waals surface area (Å²) in [5.74, 6) is -0.195. The molecule has 22 heavy (non-hydrogen) atoms. The zero-order valence-corrected chi connectivity index (χ0v) is 12.3. The summed E-state index contributed by atoms with van der Waals surface area (Å²) in [5, 5.41) is 0. The van der Waals surface area contributed by atoms with E-state index in [1.165, 1.54) is 6.07 Å². The third-order valence-electron chi connectivity index (χ3n) is 4.08. The Morgan fingerprint density at radius 3 is 2.77 bits per heavy atom. The average molecular weight is 306 g/mol. The van der Waals surface area contributed by atoms with Crippen molar-refractivity contribution in [3.8, 4) is 5.75 Å². The quantitative estimate of drug-likeness (QED) is 0.845. The molecule has 0 saturated carbocycles. The number of carbonyl (C=O) groups is 2. The van der Waals surface area contributed by atoms with Gasteiger partial charge in [-0.3, -0.25) is 9.59 Å². The minimum Gasteiger partial charge on any atom is -0.484 e. The van der Waals surface area contributed by atoms with Crippen LogP contribution in [0.15, 0.2) is 24.3 Å². The van der Waals surface area contributed by atoms with Crippen LogP contribution in [-0.2, 0) is 9.59 Å². The van der Waals surface area contributed by atoms with Crippen LogP contribution in [-0.4, -0.2) is 53.9 Å². The minimum absolute atomic E-state index is 0.0549. The van der Waals surface area contributed by atoms with Crippen LogP contribution >= 0.6 is 0 Å². The van der Waals surface area contributed by atoms with Gasteiger partial charge in [-0.25, -0.2) is 4.39 Å². The van der Waals surface area contributed by atoms with Crippen LogP contribution in [0, 0.1) is 5.82 Å². The van der Waals surface area contributed by atoms with Gasteiger partial charge in [-0.1, -0.05) is 12.1 Å². The van der Waals surface area contributed by atoms with Crippen molar-refractivity contribution in [2.24, 2.45) is 0 Å². The predicted octanol–water partition coefficient (Wildman–Crippen LogP) is 1.43. The van der Waals surface area contributed by atoms with Gasteiger partial charge in [0.2, 0.25) is 11.8 Å². The van der Waals surface area contributed by atoms with Crippen molar-refractivity contribution < 1.29 is 18.7 Å². The van der Waals surface area contributed by atoms with E-state index in [-0.39, 0.29) is 30.2 Å². The summed E-state index contributed by atoms with van der Waals surface area (Å²) in [6.07, 6.45) is 2.22. The van der Waals surface area contributed by atoms with E-state index in [1.807, 2.05) is 0 Å². The SMILES string of the molecule is O=C1CCCCN1CC(=O)N1CC(Oc2ccccc2F)C1. The van der Waals surface area contributed by atoms with Crippen molar-refractivity contribution >= 4 is 11.8 Å². The number of halogens is 1. The number of rotatable bonds is 4. The standard InChI is InChI=1S/C16H19FN2O3/c17-13-5-1-2-6-14(13)22-12-9-19(10-12)16(21)11-18-8-4-3-7-15(18)20/h1-2,5-6,12H,3-4,7-11H2. The molecule has 2 saturated heterocycles. The van der Waals surface area contributed by atoms with E-state index in [0.717, 1.165) is 12.8 Å². The third-order valence-corrected chi connectivity index (χ3v) is 4.08. The molecule has 2 aliphatic heterocycles. The zero-order valence-electron chi connectivity index (χ0n) is 12.3. The third kappa shape index (κ3) is 3.21. The van der Waals surface area contributed by atoms with Crippen LogP contribution in [0.25, 0.3) is 0 Å². The highest BCUT2D eigenvalue weighted by atomic mass is 19.1. The summed E-state index contributed by atoms with van der Waals surface area (Å²) in [4.78, 5) is 27.1. The number of piperidine rings is 1. The first-order valence-corrected chi connectivity index (χ1v) is 7.60. The Kier molecular flexibility index (Phi) is 4.27. The molecule has 5 nitrogen and oxygen atoms in total. The van der Waals surface area contributed by atoms with Gasteiger partial charge in [-0.15, -0.1) is 0 Å². The van der Waals surface area contributed by atoms with Crippen LogP contribution in [0.4, 0.5) is 4.39 Å². The maximum Gasteiger partial charge on any atom is 0.242 e. The van der Waals surface area contributed by atoms with E-state index in [0.29, 0.717) is 26.1 Å². The molecule has 1 aromatic rings. The highest BCUT2D eigenvalue weighted by molar-refractivity contribution is 5.85. The Morgan fingerprint density at radius 1 is 1.27 bits per heavy atom. The largest absolute Gasteiger partial charge is 0.484 e. The van der Waals surface area contributed by atoms with Crippen LogP contribution in [0.2, 0.25) is 0 Å². The molecule has 0 atom stereocenters. The Labute approximate surface area is 128 Å². The Bertz CT molecular complexity index is 572. The molecule has 0 aromatic heterocycles. The summed E-state index contributed by atoms with van der Waals surface area (Å²) >= 11 is 0. The van der Waals surface area contributed by atoms with E-state index in [4.69, 9.17) is 4.74 Å². The maximum atomic E-state index is 13.5. The lowest BCUT2D eigenvalue weighted by Gasteiger charge is -2.40. The van der Waals surface area contributed by atoms with E-state index in [1.54, 1.807) is 28.0 Å². The molecule has 0 bridgehead atoms. The van der Waals surface area contributed by atoms with Gasteiger partial charge in [0.25, 0.3) is 0 Å². The number of hydrogen-bond acceptors (Lipinski definition) is 3. The summed E-state index contributed by atoms with van der Waals surface area (Å²) in [6, 6.07) is 6.24. The molecule has 2 fully saturated rings. The summed E-state index contributed by atoms with van der Waals surface area (Å²) in [5.41, 5.74) is 0. The van der Waals surface area contributed by atoms with Gasteiger partial charge in [-0.05, 0) is 25.0 Å². The van der Waals surface area contributed by atoms with E-state index in [2.05, 4.69) is 0 Å². The average Bonchev–Trinajstić information content (AvgIpc) is 2.46. The van der Waals surface area contributed by atoms with E-state index >= 15 is 0 Å². The second-order valence-electron chi connectivity index (χ2n) is 5.74. The Balaban J connectivity index is 1.45. The maximum absolute atomic E-state index is 13.5. The first kappa shape index (κ1) is 14.8. The van der Waals surface area contributed by atoms with Gasteiger partial charge in [0.1, 0.15) is 6.10 Å². The number of ether oxygens (including phenoxy) is 1. The first-order chi connectivity index (χ1) is 10.6. The van der Waals surface area contributed by atoms with Crippen molar-refractivity contribution in [3.05, 3.63) is 30.1 Å². The minimum atomic E-state index is -0.397. The lowest BCUT2D eigenvalue weighted by atomic mass is 10.1. The normalized spacial score (nSPS) is 19.0. The number of amides is 2. The summed E-state index contributed by atoms with van der Waals surface area (Å²) in [7, 11) is 0. The fourth-order valence-corrected chi connectivity index (χ4v) is 2.73. The molecule has 118 valence electrons. The van der Waals surface area contributed by atoms with Crippen LogP contribution in [0.1, 0.15) is 19.3 Å². The number of para-hydroxylation sites is 1. The summed E-state index contributed by atoms with van der Waals surface area (Å²) < 4.78 is 19.0. The van der Waals surface area contributed by atoms with E-state index < -0.39 is 5.82 Å².